The maximum Gasteiger partial charge on any atom is 0.264 e. The molecule has 1 aromatic carbocycles. The maximum atomic E-state index is 13.1. The number of hydrogen-bond donors (Lipinski definition) is 0. The van der Waals surface area contributed by atoms with Crippen LogP contribution in [0.4, 0.5) is 0 Å². The van der Waals surface area contributed by atoms with Crippen molar-refractivity contribution in [1.82, 2.24) is 19.6 Å². The summed E-state index contributed by atoms with van der Waals surface area (Å²) in [6.07, 6.45) is 1.59. The Morgan fingerprint density at radius 2 is 1.96 bits per heavy atom. The fraction of sp³-hybridized carbons (Fsp3) is 0.350. The lowest BCUT2D eigenvalue weighted by Crippen LogP contribution is -2.45. The van der Waals surface area contributed by atoms with Crippen LogP contribution in [0.15, 0.2) is 36.4 Å². The highest BCUT2D eigenvalue weighted by Gasteiger charge is 2.36. The molecule has 7 heteroatoms. The van der Waals surface area contributed by atoms with Crippen molar-refractivity contribution in [2.45, 2.75) is 25.8 Å². The number of nitrogens with zero attached hydrogens (tertiary/aromatic N) is 4. The summed E-state index contributed by atoms with van der Waals surface area (Å²) in [6.45, 7) is 2.58. The molecule has 2 aromatic heterocycles. The molecular weight excluding hydrogens is 360 g/mol. The highest BCUT2D eigenvalue weighted by Crippen LogP contribution is 2.32. The lowest BCUT2D eigenvalue weighted by molar-refractivity contribution is -0.132. The first kappa shape index (κ1) is 17.7. The van der Waals surface area contributed by atoms with Gasteiger partial charge in [-0.2, -0.15) is 5.10 Å². The Morgan fingerprint density at radius 1 is 1.22 bits per heavy atom. The van der Waals surface area contributed by atoms with Gasteiger partial charge < -0.3 is 9.80 Å². The van der Waals surface area contributed by atoms with Crippen LogP contribution in [0.2, 0.25) is 0 Å². The number of fused-ring (bicyclic) bond motifs is 1. The van der Waals surface area contributed by atoms with E-state index in [1.54, 1.807) is 23.9 Å². The van der Waals surface area contributed by atoms with Crippen molar-refractivity contribution in [3.63, 3.8) is 0 Å². The van der Waals surface area contributed by atoms with E-state index >= 15 is 0 Å². The second-order valence-corrected chi connectivity index (χ2v) is 8.08. The van der Waals surface area contributed by atoms with Gasteiger partial charge in [-0.25, -0.2) is 4.68 Å². The number of para-hydroxylation sites is 1. The summed E-state index contributed by atoms with van der Waals surface area (Å²) >= 11 is 1.44. The van der Waals surface area contributed by atoms with Crippen LogP contribution in [-0.2, 0) is 4.79 Å². The molecule has 3 aromatic rings. The molecule has 0 N–H and O–H groups in total. The topological polar surface area (TPSA) is 58.4 Å². The summed E-state index contributed by atoms with van der Waals surface area (Å²) in [7, 11) is 3.47. The monoisotopic (exact) mass is 382 g/mol. The maximum absolute atomic E-state index is 13.1. The first-order valence-corrected chi connectivity index (χ1v) is 9.85. The molecule has 0 radical (unpaired) electrons. The number of likely N-dealkylation sites (tertiary alicyclic amines) is 1. The molecule has 1 fully saturated rings. The van der Waals surface area contributed by atoms with E-state index in [0.717, 1.165) is 34.4 Å². The average Bonchev–Trinajstić information content (AvgIpc) is 3.37. The van der Waals surface area contributed by atoms with Crippen molar-refractivity contribution < 1.29 is 9.59 Å². The number of rotatable bonds is 3. The number of likely N-dealkylation sites (N-methyl/N-ethyl adjacent to an activating group) is 1. The van der Waals surface area contributed by atoms with E-state index in [2.05, 4.69) is 5.10 Å². The van der Waals surface area contributed by atoms with Crippen molar-refractivity contribution in [1.29, 1.82) is 0 Å². The molecule has 1 saturated heterocycles. The molecule has 6 nitrogen and oxygen atoms in total. The van der Waals surface area contributed by atoms with E-state index in [0.29, 0.717) is 11.4 Å². The number of carbonyl (C=O) groups excluding carboxylic acids is 2. The smallest absolute Gasteiger partial charge is 0.264 e. The van der Waals surface area contributed by atoms with Crippen LogP contribution in [0.5, 0.6) is 0 Å². The molecular formula is C20H22N4O2S. The van der Waals surface area contributed by atoms with Gasteiger partial charge in [-0.15, -0.1) is 11.3 Å². The van der Waals surface area contributed by atoms with Gasteiger partial charge in [-0.1, -0.05) is 18.2 Å². The number of amides is 2. The number of thiophene rings is 1. The van der Waals surface area contributed by atoms with Gasteiger partial charge in [0.1, 0.15) is 10.9 Å². The second kappa shape index (κ2) is 6.81. The van der Waals surface area contributed by atoms with Gasteiger partial charge in [-0.05, 0) is 38.0 Å². The van der Waals surface area contributed by atoms with Gasteiger partial charge in [0.25, 0.3) is 5.91 Å². The van der Waals surface area contributed by atoms with Crippen LogP contribution in [0.1, 0.15) is 28.2 Å². The van der Waals surface area contributed by atoms with Crippen molar-refractivity contribution >= 4 is 33.4 Å². The summed E-state index contributed by atoms with van der Waals surface area (Å²) < 4.78 is 1.89. The molecule has 1 unspecified atom stereocenters. The standard InChI is InChI=1S/C20H22N4O2S/c1-13-15-12-17(19(26)23-11-7-10-16(23)18(25)22(2)3)27-20(15)24(21-13)14-8-5-4-6-9-14/h4-6,8-9,12,16H,7,10-11H2,1-3H3. The first-order chi connectivity index (χ1) is 13.0. The Kier molecular flexibility index (Phi) is 4.47. The van der Waals surface area contributed by atoms with Crippen LogP contribution >= 0.6 is 11.3 Å². The van der Waals surface area contributed by atoms with Crippen LogP contribution in [0, 0.1) is 6.92 Å². The SMILES string of the molecule is Cc1nn(-c2ccccc2)c2sc(C(=O)N3CCCC3C(=O)N(C)C)cc12. The Morgan fingerprint density at radius 3 is 2.67 bits per heavy atom. The van der Waals surface area contributed by atoms with Crippen LogP contribution in [-0.4, -0.2) is 58.1 Å². The molecule has 0 bridgehead atoms. The Balaban J connectivity index is 1.70. The second-order valence-electron chi connectivity index (χ2n) is 7.05. The summed E-state index contributed by atoms with van der Waals surface area (Å²) in [5, 5.41) is 5.61. The van der Waals surface area contributed by atoms with Gasteiger partial charge in [0.05, 0.1) is 16.3 Å². The zero-order chi connectivity index (χ0) is 19.1. The van der Waals surface area contributed by atoms with Gasteiger partial charge in [0, 0.05) is 26.0 Å². The highest BCUT2D eigenvalue weighted by atomic mass is 32.1. The van der Waals surface area contributed by atoms with Crippen molar-refractivity contribution in [2.24, 2.45) is 0 Å². The van der Waals surface area contributed by atoms with E-state index in [-0.39, 0.29) is 17.9 Å². The lowest BCUT2D eigenvalue weighted by Gasteiger charge is -2.25. The Hall–Kier alpha value is -2.67. The molecule has 1 aliphatic heterocycles. The molecule has 1 aliphatic rings. The van der Waals surface area contributed by atoms with Crippen LogP contribution in [0.25, 0.3) is 15.9 Å². The van der Waals surface area contributed by atoms with Gasteiger partial charge >= 0.3 is 0 Å². The third-order valence-corrected chi connectivity index (χ3v) is 6.09. The zero-order valence-electron chi connectivity index (χ0n) is 15.7. The van der Waals surface area contributed by atoms with Gasteiger partial charge in [0.15, 0.2) is 0 Å². The molecule has 1 atom stereocenters. The molecule has 2 amide bonds. The average molecular weight is 382 g/mol. The molecule has 0 saturated carbocycles. The van der Waals surface area contributed by atoms with E-state index in [4.69, 9.17) is 0 Å². The van der Waals surface area contributed by atoms with Crippen molar-refractivity contribution in [3.8, 4) is 5.69 Å². The van der Waals surface area contributed by atoms with Crippen LogP contribution in [0.3, 0.4) is 0 Å². The number of hydrogen-bond acceptors (Lipinski definition) is 4. The first-order valence-electron chi connectivity index (χ1n) is 9.04. The molecule has 4 rings (SSSR count). The molecule has 27 heavy (non-hydrogen) atoms. The predicted molar refractivity (Wildman–Crippen MR) is 106 cm³/mol. The molecule has 140 valence electrons. The van der Waals surface area contributed by atoms with E-state index in [1.165, 1.54) is 11.3 Å². The fourth-order valence-electron chi connectivity index (χ4n) is 3.60. The lowest BCUT2D eigenvalue weighted by atomic mass is 10.2. The fourth-order valence-corrected chi connectivity index (χ4v) is 4.74. The van der Waals surface area contributed by atoms with E-state index < -0.39 is 0 Å². The third-order valence-electron chi connectivity index (χ3n) is 5.00. The largest absolute Gasteiger partial charge is 0.347 e. The summed E-state index contributed by atoms with van der Waals surface area (Å²) in [5.41, 5.74) is 1.87. The van der Waals surface area contributed by atoms with Crippen molar-refractivity contribution in [3.05, 3.63) is 47.0 Å². The highest BCUT2D eigenvalue weighted by molar-refractivity contribution is 7.20. The molecule has 0 aliphatic carbocycles. The predicted octanol–water partition coefficient (Wildman–Crippen LogP) is 3.09. The number of aromatic nitrogens is 2. The van der Waals surface area contributed by atoms with Crippen molar-refractivity contribution in [2.75, 3.05) is 20.6 Å². The molecule has 0 spiro atoms. The number of carbonyl (C=O) groups is 2. The van der Waals surface area contributed by atoms with E-state index in [1.807, 2.05) is 48.0 Å². The number of benzene rings is 1. The van der Waals surface area contributed by atoms with Crippen LogP contribution < -0.4 is 0 Å². The molecule has 3 heterocycles. The quantitative estimate of drug-likeness (QED) is 0.699. The zero-order valence-corrected chi connectivity index (χ0v) is 16.5. The minimum Gasteiger partial charge on any atom is -0.347 e. The minimum atomic E-state index is -0.357. The third kappa shape index (κ3) is 3.02. The minimum absolute atomic E-state index is 0.00592. The summed E-state index contributed by atoms with van der Waals surface area (Å²) in [6, 6.07) is 11.5. The normalized spacial score (nSPS) is 16.9. The summed E-state index contributed by atoms with van der Waals surface area (Å²) in [5.74, 6) is -0.0680. The van der Waals surface area contributed by atoms with E-state index in [9.17, 15) is 9.59 Å². The Labute approximate surface area is 162 Å². The number of aryl methyl sites for hydroxylation is 1. The van der Waals surface area contributed by atoms with Gasteiger partial charge in [-0.3, -0.25) is 9.59 Å². The van der Waals surface area contributed by atoms with Gasteiger partial charge in [0.2, 0.25) is 5.91 Å². The Bertz CT molecular complexity index is 1010. The summed E-state index contributed by atoms with van der Waals surface area (Å²) in [4.78, 5) is 30.5.